The van der Waals surface area contributed by atoms with Crippen LogP contribution in [-0.4, -0.2) is 147 Å². The standard InChI is InChI=1S/C53H76O15/c1-31(18-15-16-24-46(55)56)28-32(2)52-42-27-26-36(63-52)19-11-7-6-8-13-21-41(68-53-51(61)50(60)48(58)35(5)62-53)49(59)45-29-37(54)33(3)38(65-45)22-17-23-39-34(4)43-30-44(64-39)40(66-43)20-12-9-10-14-25-47(57)67-42/h7,9-14,17,20-21,23,25-28,31,33-45,48-54,58-61H,6,8,15-16,18-19,22,24,29-30H2,1-5H3,(H,55,56)/b10-9-,11-7+,20-12+,21-13+,23-17+,25-14-,32-28+/t31-,33-,34-,35+,36+,37+,38-,39+,40-,41+,42+,43-,44-,45-,48+,49+,50-,51-,52+,53+/m1/s1. The minimum Gasteiger partial charge on any atom is -0.481 e. The number of fused-ring (bicyclic) bond motifs is 13. The lowest BCUT2D eigenvalue weighted by Crippen LogP contribution is -2.59. The number of ether oxygens (including phenoxy) is 7. The second kappa shape index (κ2) is 26.0. The third kappa shape index (κ3) is 15.0. The van der Waals surface area contributed by atoms with Crippen molar-refractivity contribution in [2.24, 2.45) is 17.8 Å². The summed E-state index contributed by atoms with van der Waals surface area (Å²) in [7, 11) is 0. The summed E-state index contributed by atoms with van der Waals surface area (Å²) in [4.78, 5) is 24.1. The molecule has 7 aliphatic rings. The lowest BCUT2D eigenvalue weighted by molar-refractivity contribution is -0.309. The summed E-state index contributed by atoms with van der Waals surface area (Å²) in [6, 6.07) is 0. The van der Waals surface area contributed by atoms with Gasteiger partial charge in [-0.2, -0.15) is 0 Å². The number of unbranched alkanes of at least 4 members (excludes halogenated alkanes) is 1. The average Bonchev–Trinajstić information content (AvgIpc) is 3.66. The van der Waals surface area contributed by atoms with Gasteiger partial charge < -0.3 is 63.8 Å². The minimum atomic E-state index is -1.59. The third-order valence-electron chi connectivity index (χ3n) is 14.0. The van der Waals surface area contributed by atoms with Crippen molar-refractivity contribution in [2.45, 2.75) is 203 Å². The Morgan fingerprint density at radius 3 is 2.26 bits per heavy atom. The topological polar surface area (TPSA) is 220 Å². The van der Waals surface area contributed by atoms with Crippen molar-refractivity contribution in [3.63, 3.8) is 0 Å². The van der Waals surface area contributed by atoms with Gasteiger partial charge in [0.25, 0.3) is 0 Å². The van der Waals surface area contributed by atoms with Gasteiger partial charge >= 0.3 is 11.9 Å². The van der Waals surface area contributed by atoms with E-state index in [1.807, 2.05) is 74.6 Å². The molecule has 15 heteroatoms. The molecular weight excluding hydrogens is 877 g/mol. The number of esters is 1. The number of hydrogen-bond acceptors (Lipinski definition) is 14. The Labute approximate surface area is 401 Å². The summed E-state index contributed by atoms with van der Waals surface area (Å²) >= 11 is 0. The molecule has 0 amide bonds. The van der Waals surface area contributed by atoms with E-state index in [0.717, 1.165) is 24.8 Å². The molecule has 378 valence electrons. The molecule has 68 heavy (non-hydrogen) atoms. The molecule has 0 spiro atoms. The van der Waals surface area contributed by atoms with Gasteiger partial charge in [0, 0.05) is 37.2 Å². The fraction of sp³-hybridized carbons (Fsp3) is 0.660. The number of allylic oxidation sites excluding steroid dienone is 7. The quantitative estimate of drug-likeness (QED) is 0.0935. The van der Waals surface area contributed by atoms with Gasteiger partial charge in [-0.15, -0.1) is 0 Å². The van der Waals surface area contributed by atoms with Gasteiger partial charge in [0.2, 0.25) is 0 Å². The van der Waals surface area contributed by atoms with E-state index in [0.29, 0.717) is 32.1 Å². The first-order valence-electron chi connectivity index (χ1n) is 24.7. The summed E-state index contributed by atoms with van der Waals surface area (Å²) < 4.78 is 43.9. The molecule has 4 saturated heterocycles. The summed E-state index contributed by atoms with van der Waals surface area (Å²) in [6.45, 7) is 9.62. The minimum absolute atomic E-state index is 0.000574. The zero-order valence-electron chi connectivity index (χ0n) is 40.1. The van der Waals surface area contributed by atoms with Crippen LogP contribution in [0.1, 0.15) is 98.8 Å². The van der Waals surface area contributed by atoms with E-state index in [1.54, 1.807) is 25.2 Å². The molecule has 20 atom stereocenters. The number of carbonyl (C=O) groups is 2. The van der Waals surface area contributed by atoms with Crippen molar-refractivity contribution in [1.29, 1.82) is 0 Å². The van der Waals surface area contributed by atoms with Crippen LogP contribution >= 0.6 is 0 Å². The van der Waals surface area contributed by atoms with Crippen LogP contribution in [0.4, 0.5) is 0 Å². The number of carboxylic acids is 1. The van der Waals surface area contributed by atoms with E-state index in [9.17, 15) is 35.1 Å². The zero-order valence-corrected chi connectivity index (χ0v) is 40.1. The largest absolute Gasteiger partial charge is 0.481 e. The van der Waals surface area contributed by atoms with E-state index in [1.165, 1.54) is 6.08 Å². The SMILES string of the molecule is C/C(=C\[C@H](C)CCCCC(=O)O)[C@@H]1O[C@@H]2C=C[C@@H]1OC(=O)\C=C/C=C\C=C\[C@H]1O[C@@H]3C[C@H]1O[C@@H](/C=C/C[C@H]1O[C@H](C[C@H](O)[C@H]1C)[C@@H](O)[C@@H](O[C@@H]1O[C@@H](C)[C@H](O)[C@@H](O)[C@H]1O)/C=C/CC/C=C/C2)[C@H]3C. The fourth-order valence-electron chi connectivity index (χ4n) is 9.78. The van der Waals surface area contributed by atoms with E-state index in [4.69, 9.17) is 38.3 Å². The molecule has 0 radical (unpaired) electrons. The van der Waals surface area contributed by atoms with Gasteiger partial charge in [0.1, 0.15) is 42.7 Å². The van der Waals surface area contributed by atoms with E-state index in [-0.39, 0.29) is 61.1 Å². The lowest BCUT2D eigenvalue weighted by atomic mass is 9.85. The zero-order chi connectivity index (χ0) is 48.9. The molecule has 7 bridgehead atoms. The van der Waals surface area contributed by atoms with Gasteiger partial charge in [0.05, 0.1) is 48.8 Å². The van der Waals surface area contributed by atoms with Crippen LogP contribution in [0.15, 0.2) is 96.7 Å². The van der Waals surface area contributed by atoms with Gasteiger partial charge in [0.15, 0.2) is 12.4 Å². The fourth-order valence-corrected chi connectivity index (χ4v) is 9.78. The van der Waals surface area contributed by atoms with Crippen LogP contribution in [0.5, 0.6) is 0 Å². The highest BCUT2D eigenvalue weighted by Crippen LogP contribution is 2.39. The Kier molecular flexibility index (Phi) is 20.6. The monoisotopic (exact) mass is 953 g/mol. The Morgan fingerprint density at radius 1 is 0.706 bits per heavy atom. The van der Waals surface area contributed by atoms with Crippen molar-refractivity contribution in [3.8, 4) is 0 Å². The van der Waals surface area contributed by atoms with E-state index >= 15 is 0 Å². The first-order chi connectivity index (χ1) is 32.6. The third-order valence-corrected chi connectivity index (χ3v) is 14.0. The molecule has 7 heterocycles. The Hall–Kier alpha value is -3.58. The molecule has 0 aromatic rings. The highest BCUT2D eigenvalue weighted by Gasteiger charge is 2.47. The number of hydrogen-bond donors (Lipinski definition) is 6. The number of carbonyl (C=O) groups excluding carboxylic acids is 1. The number of aliphatic hydroxyl groups is 5. The van der Waals surface area contributed by atoms with Crippen LogP contribution in [-0.2, 0) is 42.7 Å². The second-order valence-electron chi connectivity index (χ2n) is 19.4. The van der Waals surface area contributed by atoms with E-state index in [2.05, 4.69) is 19.9 Å². The highest BCUT2D eigenvalue weighted by atomic mass is 16.7. The summed E-state index contributed by atoms with van der Waals surface area (Å²) in [5.74, 6) is -1.32. The predicted molar refractivity (Wildman–Crippen MR) is 253 cm³/mol. The molecule has 0 saturated carbocycles. The van der Waals surface area contributed by atoms with Crippen molar-refractivity contribution in [3.05, 3.63) is 96.7 Å². The van der Waals surface area contributed by atoms with Gasteiger partial charge in [-0.1, -0.05) is 106 Å². The van der Waals surface area contributed by atoms with Crippen LogP contribution in [0.3, 0.4) is 0 Å². The molecule has 0 unspecified atom stereocenters. The first-order valence-corrected chi connectivity index (χ1v) is 24.7. The van der Waals surface area contributed by atoms with Crippen molar-refractivity contribution in [1.82, 2.24) is 0 Å². The van der Waals surface area contributed by atoms with Crippen LogP contribution in [0.25, 0.3) is 0 Å². The Bertz CT molecular complexity index is 1870. The maximum atomic E-state index is 13.1. The molecular formula is C53H76O15. The summed E-state index contributed by atoms with van der Waals surface area (Å²) in [5.41, 5.74) is 0.912. The Morgan fingerprint density at radius 2 is 1.47 bits per heavy atom. The maximum Gasteiger partial charge on any atom is 0.331 e. The van der Waals surface area contributed by atoms with Crippen LogP contribution in [0.2, 0.25) is 0 Å². The molecule has 7 aliphatic heterocycles. The molecule has 4 fully saturated rings. The van der Waals surface area contributed by atoms with E-state index < -0.39 is 85.4 Å². The maximum absolute atomic E-state index is 13.1. The van der Waals surface area contributed by atoms with Gasteiger partial charge in [-0.05, 0) is 69.9 Å². The number of rotatable bonds is 9. The second-order valence-corrected chi connectivity index (χ2v) is 19.4. The molecule has 0 aliphatic carbocycles. The number of aliphatic carboxylic acids is 1. The molecule has 7 rings (SSSR count). The van der Waals surface area contributed by atoms with Crippen LogP contribution < -0.4 is 0 Å². The molecule has 0 aromatic heterocycles. The normalized spacial score (nSPS) is 44.2. The highest BCUT2D eigenvalue weighted by molar-refractivity contribution is 5.82. The number of carboxylic acid groups (broad SMARTS) is 1. The number of aliphatic hydroxyl groups excluding tert-OH is 5. The van der Waals surface area contributed by atoms with Gasteiger partial charge in [-0.25, -0.2) is 4.79 Å². The smallest absolute Gasteiger partial charge is 0.331 e. The summed E-state index contributed by atoms with van der Waals surface area (Å²) in [6.07, 6.45) is 20.1. The molecule has 6 N–H and O–H groups in total. The lowest BCUT2D eigenvalue weighted by Gasteiger charge is -2.43. The Balaban J connectivity index is 1.21. The van der Waals surface area contributed by atoms with Gasteiger partial charge in [-0.3, -0.25) is 4.79 Å². The average molecular weight is 953 g/mol. The van der Waals surface area contributed by atoms with Crippen molar-refractivity contribution >= 4 is 11.9 Å². The van der Waals surface area contributed by atoms with Crippen molar-refractivity contribution in [2.75, 3.05) is 0 Å². The molecule has 15 nitrogen and oxygen atoms in total. The summed E-state index contributed by atoms with van der Waals surface area (Å²) in [5, 5.41) is 63.9. The predicted octanol–water partition coefficient (Wildman–Crippen LogP) is 5.65. The van der Waals surface area contributed by atoms with Crippen LogP contribution in [0, 0.1) is 17.8 Å². The first kappa shape index (κ1) is 53.8. The van der Waals surface area contributed by atoms with Crippen molar-refractivity contribution < 1.29 is 73.4 Å². The molecule has 0 aromatic carbocycles.